The molecular weight excluding hydrogens is 371 g/mol. The lowest BCUT2D eigenvalue weighted by atomic mass is 10.1. The zero-order chi connectivity index (χ0) is 19.9. The van der Waals surface area contributed by atoms with E-state index in [1.807, 2.05) is 13.8 Å². The van der Waals surface area contributed by atoms with Crippen molar-refractivity contribution in [2.45, 2.75) is 38.9 Å². The Kier molecular flexibility index (Phi) is 4.52. The van der Waals surface area contributed by atoms with Gasteiger partial charge in [-0.25, -0.2) is 0 Å². The molecule has 6 nitrogen and oxygen atoms in total. The highest BCUT2D eigenvalue weighted by molar-refractivity contribution is 5.92. The molecule has 0 amide bonds. The fourth-order valence-corrected chi connectivity index (χ4v) is 3.11. The van der Waals surface area contributed by atoms with Gasteiger partial charge in [0.2, 0.25) is 5.95 Å². The van der Waals surface area contributed by atoms with Crippen molar-refractivity contribution < 1.29 is 17.9 Å². The largest absolute Gasteiger partial charge is 0.491 e. The van der Waals surface area contributed by atoms with E-state index in [9.17, 15) is 13.2 Å². The highest BCUT2D eigenvalue weighted by Crippen LogP contribution is 2.39. The Balaban J connectivity index is 1.79. The van der Waals surface area contributed by atoms with Crippen LogP contribution < -0.4 is 15.4 Å². The van der Waals surface area contributed by atoms with E-state index in [1.165, 1.54) is 0 Å². The van der Waals surface area contributed by atoms with Gasteiger partial charge >= 0.3 is 6.18 Å². The van der Waals surface area contributed by atoms with Crippen molar-refractivity contribution in [3.8, 4) is 5.75 Å². The third-order valence-electron chi connectivity index (χ3n) is 4.70. The Morgan fingerprint density at radius 1 is 1.36 bits per heavy atom. The number of rotatable bonds is 5. The average molecular weight is 390 g/mol. The standard InChI is InChI=1S/C19H19F3N5O/c1-3-10(2)24-17-14-12(19(20,21)22)9-23-16(14)26-18(27-17)25-13-6-4-5-11-7-8-28-15(11)13/h4,6,9-10H,3,7-8H2,1-2H3,(H3,23,24,25,26,27)/t10-/m0/s1. The van der Waals surface area contributed by atoms with E-state index in [0.29, 0.717) is 18.0 Å². The van der Waals surface area contributed by atoms with Gasteiger partial charge in [-0.2, -0.15) is 23.1 Å². The molecular formula is C19H19F3N5O. The molecule has 0 spiro atoms. The highest BCUT2D eigenvalue weighted by Gasteiger charge is 2.35. The first kappa shape index (κ1) is 18.4. The van der Waals surface area contributed by atoms with Crippen LogP contribution in [0, 0.1) is 6.07 Å². The number of hydrogen-bond donors (Lipinski definition) is 3. The number of nitrogens with zero attached hydrogens (tertiary/aromatic N) is 2. The van der Waals surface area contributed by atoms with E-state index in [4.69, 9.17) is 4.74 Å². The number of anilines is 3. The Hall–Kier alpha value is -2.97. The maximum Gasteiger partial charge on any atom is 0.418 e. The predicted molar refractivity (Wildman–Crippen MR) is 100 cm³/mol. The zero-order valence-electron chi connectivity index (χ0n) is 15.4. The second-order valence-corrected chi connectivity index (χ2v) is 6.70. The van der Waals surface area contributed by atoms with Crippen molar-refractivity contribution >= 4 is 28.5 Å². The summed E-state index contributed by atoms with van der Waals surface area (Å²) >= 11 is 0. The molecule has 0 aliphatic carbocycles. The maximum atomic E-state index is 13.4. The van der Waals surface area contributed by atoms with Crippen LogP contribution in [0.1, 0.15) is 31.4 Å². The topological polar surface area (TPSA) is 74.9 Å². The normalized spacial score (nSPS) is 14.6. The van der Waals surface area contributed by atoms with Crippen molar-refractivity contribution in [3.63, 3.8) is 0 Å². The van der Waals surface area contributed by atoms with Crippen LogP contribution in [0.2, 0.25) is 0 Å². The molecule has 0 fully saturated rings. The molecule has 0 saturated carbocycles. The number of alkyl halides is 3. The SMILES string of the molecule is CC[C@H](C)Nc1nc(Nc2cc[c]c3c2OCC3)nc2[nH]cc(C(F)(F)F)c12. The molecule has 28 heavy (non-hydrogen) atoms. The van der Waals surface area contributed by atoms with Gasteiger partial charge in [0.05, 0.1) is 23.2 Å². The van der Waals surface area contributed by atoms with Crippen molar-refractivity contribution in [2.24, 2.45) is 0 Å². The minimum Gasteiger partial charge on any atom is -0.491 e. The van der Waals surface area contributed by atoms with Gasteiger partial charge in [0, 0.05) is 24.2 Å². The molecule has 1 radical (unpaired) electrons. The molecule has 147 valence electrons. The second kappa shape index (κ2) is 6.88. The maximum absolute atomic E-state index is 13.4. The summed E-state index contributed by atoms with van der Waals surface area (Å²) in [4.78, 5) is 11.2. The van der Waals surface area contributed by atoms with Crippen molar-refractivity contribution in [1.29, 1.82) is 0 Å². The summed E-state index contributed by atoms with van der Waals surface area (Å²) in [6.45, 7) is 4.39. The molecule has 1 aliphatic rings. The molecule has 3 heterocycles. The molecule has 4 rings (SSSR count). The van der Waals surface area contributed by atoms with E-state index in [2.05, 4.69) is 31.7 Å². The summed E-state index contributed by atoms with van der Waals surface area (Å²) < 4.78 is 45.9. The number of hydrogen-bond acceptors (Lipinski definition) is 5. The summed E-state index contributed by atoms with van der Waals surface area (Å²) in [5.74, 6) is 0.985. The molecule has 9 heteroatoms. The Morgan fingerprint density at radius 2 is 2.18 bits per heavy atom. The number of halogens is 3. The van der Waals surface area contributed by atoms with Crippen molar-refractivity contribution in [1.82, 2.24) is 15.0 Å². The van der Waals surface area contributed by atoms with Gasteiger partial charge in [-0.3, -0.25) is 0 Å². The zero-order valence-corrected chi connectivity index (χ0v) is 15.4. The van der Waals surface area contributed by atoms with Gasteiger partial charge < -0.3 is 20.4 Å². The number of nitrogens with one attached hydrogen (secondary N) is 3. The fourth-order valence-electron chi connectivity index (χ4n) is 3.11. The summed E-state index contributed by atoms with van der Waals surface area (Å²) in [5.41, 5.74) is 0.917. The molecule has 1 aromatic carbocycles. The first-order valence-electron chi connectivity index (χ1n) is 9.03. The number of aromatic nitrogens is 3. The highest BCUT2D eigenvalue weighted by atomic mass is 19.4. The number of benzene rings is 1. The van der Waals surface area contributed by atoms with Crippen LogP contribution in [0.4, 0.5) is 30.6 Å². The van der Waals surface area contributed by atoms with Gasteiger partial charge in [0.25, 0.3) is 0 Å². The summed E-state index contributed by atoms with van der Waals surface area (Å²) in [6, 6.07) is 6.61. The molecule has 3 aromatic rings. The smallest absolute Gasteiger partial charge is 0.418 e. The number of aromatic amines is 1. The van der Waals surface area contributed by atoms with Crippen LogP contribution >= 0.6 is 0 Å². The predicted octanol–water partition coefficient (Wildman–Crippen LogP) is 4.67. The summed E-state index contributed by atoms with van der Waals surface area (Å²) in [5, 5.41) is 6.06. The lowest BCUT2D eigenvalue weighted by Crippen LogP contribution is -2.16. The third-order valence-corrected chi connectivity index (χ3v) is 4.70. The van der Waals surface area contributed by atoms with Crippen LogP contribution in [-0.4, -0.2) is 27.6 Å². The Bertz CT molecular complexity index is 1010. The van der Waals surface area contributed by atoms with E-state index in [1.54, 1.807) is 12.1 Å². The number of H-pyrrole nitrogens is 1. The number of fused-ring (bicyclic) bond motifs is 2. The van der Waals surface area contributed by atoms with E-state index in [0.717, 1.165) is 24.6 Å². The minimum absolute atomic E-state index is 0.0548. The van der Waals surface area contributed by atoms with E-state index < -0.39 is 11.7 Å². The Morgan fingerprint density at radius 3 is 2.93 bits per heavy atom. The van der Waals surface area contributed by atoms with Gasteiger partial charge in [0.1, 0.15) is 17.2 Å². The van der Waals surface area contributed by atoms with Crippen LogP contribution in [0.5, 0.6) is 5.75 Å². The van der Waals surface area contributed by atoms with Crippen LogP contribution in [-0.2, 0) is 12.6 Å². The van der Waals surface area contributed by atoms with Crippen LogP contribution in [0.25, 0.3) is 11.0 Å². The molecule has 0 unspecified atom stereocenters. The lowest BCUT2D eigenvalue weighted by Gasteiger charge is -2.16. The van der Waals surface area contributed by atoms with Gasteiger partial charge in [-0.15, -0.1) is 0 Å². The molecule has 0 bridgehead atoms. The fraction of sp³-hybridized carbons (Fsp3) is 0.368. The quantitative estimate of drug-likeness (QED) is 0.591. The Labute approximate surface area is 159 Å². The second-order valence-electron chi connectivity index (χ2n) is 6.70. The van der Waals surface area contributed by atoms with Gasteiger partial charge in [0.15, 0.2) is 0 Å². The molecule has 0 saturated heterocycles. The summed E-state index contributed by atoms with van der Waals surface area (Å²) in [6.07, 6.45) is -2.09. The summed E-state index contributed by atoms with van der Waals surface area (Å²) in [7, 11) is 0. The van der Waals surface area contributed by atoms with E-state index in [-0.39, 0.29) is 28.8 Å². The van der Waals surface area contributed by atoms with Crippen LogP contribution in [0.15, 0.2) is 18.3 Å². The molecule has 1 aliphatic heterocycles. The van der Waals surface area contributed by atoms with Crippen molar-refractivity contribution in [2.75, 3.05) is 17.2 Å². The molecule has 1 atom stereocenters. The third kappa shape index (κ3) is 3.32. The van der Waals surface area contributed by atoms with Gasteiger partial charge in [-0.05, 0) is 25.5 Å². The average Bonchev–Trinajstić information content (AvgIpc) is 3.28. The van der Waals surface area contributed by atoms with E-state index >= 15 is 0 Å². The van der Waals surface area contributed by atoms with Crippen molar-refractivity contribution in [3.05, 3.63) is 35.5 Å². The lowest BCUT2D eigenvalue weighted by molar-refractivity contribution is -0.136. The molecule has 2 aromatic heterocycles. The number of ether oxygens (including phenoxy) is 1. The first-order chi connectivity index (χ1) is 13.4. The van der Waals surface area contributed by atoms with Crippen LogP contribution in [0.3, 0.4) is 0 Å². The first-order valence-corrected chi connectivity index (χ1v) is 9.03. The van der Waals surface area contributed by atoms with Gasteiger partial charge in [-0.1, -0.05) is 13.0 Å². The monoisotopic (exact) mass is 390 g/mol. The minimum atomic E-state index is -4.51. The molecule has 3 N–H and O–H groups in total.